The molecule has 0 aromatic heterocycles. The molecule has 1 atom stereocenters. The molecule has 0 radical (unpaired) electrons. The van der Waals surface area contributed by atoms with Gasteiger partial charge in [-0.3, -0.25) is 0 Å². The van der Waals surface area contributed by atoms with E-state index in [2.05, 4.69) is 18.4 Å². The second-order valence-corrected chi connectivity index (χ2v) is 4.15. The monoisotopic (exact) mass is 245 g/mol. The van der Waals surface area contributed by atoms with E-state index in [-0.39, 0.29) is 38.3 Å². The maximum atomic E-state index is 8.82. The quantitative estimate of drug-likeness (QED) is 0.293. The summed E-state index contributed by atoms with van der Waals surface area (Å²) < 4.78 is -0.466. The van der Waals surface area contributed by atoms with Crippen LogP contribution in [0.2, 0.25) is 0 Å². The number of hydrogen-bond acceptors (Lipinski definition) is 4. The molecule has 88 valence electrons. The van der Waals surface area contributed by atoms with E-state index >= 15 is 0 Å². The first-order chi connectivity index (χ1) is 6.10. The van der Waals surface area contributed by atoms with Crippen LogP contribution in [-0.2, 0) is 0 Å². The summed E-state index contributed by atoms with van der Waals surface area (Å²) in [6.45, 7) is 0.120. The highest BCUT2D eigenvalue weighted by molar-refractivity contribution is 7.81. The first-order valence-electron chi connectivity index (χ1n) is 4.48. The van der Waals surface area contributed by atoms with Crippen LogP contribution in [0.1, 0.15) is 19.3 Å². The zero-order chi connectivity index (χ0) is 10.3. The molecule has 0 heterocycles. The molecule has 0 aliphatic rings. The van der Waals surface area contributed by atoms with Gasteiger partial charge in [0.05, 0.1) is 4.75 Å². The SMILES string of the molecule is [Cl-].[NH3+]C(CCO)C(S)(CCO)CCO. The summed E-state index contributed by atoms with van der Waals surface area (Å²) in [5.74, 6) is 0. The van der Waals surface area contributed by atoms with E-state index in [0.717, 1.165) is 0 Å². The lowest BCUT2D eigenvalue weighted by Gasteiger charge is -2.30. The van der Waals surface area contributed by atoms with E-state index in [1.807, 2.05) is 0 Å². The number of thiol groups is 1. The van der Waals surface area contributed by atoms with Crippen LogP contribution in [0.15, 0.2) is 0 Å². The first-order valence-corrected chi connectivity index (χ1v) is 4.93. The second kappa shape index (κ2) is 8.76. The molecule has 6 heteroatoms. The Balaban J connectivity index is 0. The average molecular weight is 246 g/mol. The lowest BCUT2D eigenvalue weighted by atomic mass is 9.90. The molecule has 0 aromatic carbocycles. The van der Waals surface area contributed by atoms with Crippen molar-refractivity contribution in [2.45, 2.75) is 30.1 Å². The Morgan fingerprint density at radius 2 is 1.50 bits per heavy atom. The van der Waals surface area contributed by atoms with Crippen molar-refractivity contribution in [3.05, 3.63) is 0 Å². The third-order valence-electron chi connectivity index (χ3n) is 2.33. The summed E-state index contributed by atoms with van der Waals surface area (Å²) in [4.78, 5) is 0. The number of halogens is 1. The van der Waals surface area contributed by atoms with Gasteiger partial charge in [0.1, 0.15) is 6.04 Å². The molecule has 0 amide bonds. The van der Waals surface area contributed by atoms with E-state index in [9.17, 15) is 0 Å². The highest BCUT2D eigenvalue weighted by Crippen LogP contribution is 2.27. The van der Waals surface area contributed by atoms with E-state index < -0.39 is 4.75 Å². The van der Waals surface area contributed by atoms with Crippen molar-refractivity contribution in [1.82, 2.24) is 0 Å². The van der Waals surface area contributed by atoms with Gasteiger partial charge in [-0.25, -0.2) is 0 Å². The maximum absolute atomic E-state index is 8.82. The number of rotatable bonds is 7. The van der Waals surface area contributed by atoms with Gasteiger partial charge >= 0.3 is 0 Å². The van der Waals surface area contributed by atoms with Crippen molar-refractivity contribution in [1.29, 1.82) is 0 Å². The van der Waals surface area contributed by atoms with Gasteiger partial charge in [-0.05, 0) is 12.8 Å². The third-order valence-corrected chi connectivity index (χ3v) is 3.14. The predicted octanol–water partition coefficient (Wildman–Crippen LogP) is -4.58. The van der Waals surface area contributed by atoms with E-state index in [0.29, 0.717) is 19.3 Å². The van der Waals surface area contributed by atoms with Gasteiger partial charge in [0.2, 0.25) is 0 Å². The molecular weight excluding hydrogens is 226 g/mol. The molecule has 0 saturated heterocycles. The van der Waals surface area contributed by atoms with Crippen molar-refractivity contribution >= 4 is 12.6 Å². The van der Waals surface area contributed by atoms with Crippen molar-refractivity contribution in [3.63, 3.8) is 0 Å². The summed E-state index contributed by atoms with van der Waals surface area (Å²) in [6, 6.07) is -0.0554. The van der Waals surface area contributed by atoms with Crippen LogP contribution in [-0.4, -0.2) is 45.9 Å². The highest BCUT2D eigenvalue weighted by Gasteiger charge is 2.34. The summed E-state index contributed by atoms with van der Waals surface area (Å²) in [5.41, 5.74) is 3.88. The standard InChI is InChI=1S/C8H19NO3S.ClH/c9-7(1-4-10)8(13,2-5-11)3-6-12;/h7,10-13H,1-6,9H2;1H. The van der Waals surface area contributed by atoms with Crippen LogP contribution in [0, 0.1) is 0 Å². The van der Waals surface area contributed by atoms with Gasteiger partial charge in [-0.1, -0.05) is 0 Å². The fraction of sp³-hybridized carbons (Fsp3) is 1.00. The number of hydrogen-bond donors (Lipinski definition) is 5. The van der Waals surface area contributed by atoms with Gasteiger partial charge in [-0.15, -0.1) is 0 Å². The predicted molar refractivity (Wildman–Crippen MR) is 53.5 cm³/mol. The van der Waals surface area contributed by atoms with Crippen LogP contribution in [0.4, 0.5) is 0 Å². The van der Waals surface area contributed by atoms with Crippen LogP contribution in [0.25, 0.3) is 0 Å². The molecule has 0 bridgehead atoms. The van der Waals surface area contributed by atoms with Gasteiger partial charge in [0.15, 0.2) is 0 Å². The van der Waals surface area contributed by atoms with E-state index in [4.69, 9.17) is 15.3 Å². The molecule has 0 fully saturated rings. The Kier molecular flexibility index (Phi) is 10.6. The molecule has 14 heavy (non-hydrogen) atoms. The second-order valence-electron chi connectivity index (χ2n) is 3.26. The summed E-state index contributed by atoms with van der Waals surface area (Å²) in [7, 11) is 0. The Bertz CT molecular complexity index is 134. The molecule has 0 rings (SSSR count). The van der Waals surface area contributed by atoms with Crippen LogP contribution in [0.3, 0.4) is 0 Å². The molecule has 0 aliphatic carbocycles. The average Bonchev–Trinajstić information content (AvgIpc) is 2.05. The van der Waals surface area contributed by atoms with E-state index in [1.165, 1.54) is 0 Å². The molecule has 4 nitrogen and oxygen atoms in total. The first kappa shape index (κ1) is 16.9. The Labute approximate surface area is 96.3 Å². The summed E-state index contributed by atoms with van der Waals surface area (Å²) >= 11 is 4.41. The zero-order valence-corrected chi connectivity index (χ0v) is 9.84. The lowest BCUT2D eigenvalue weighted by molar-refractivity contribution is -0.431. The molecular formula is C8H20ClNO3S. The minimum absolute atomic E-state index is 0. The fourth-order valence-corrected chi connectivity index (χ4v) is 1.67. The third kappa shape index (κ3) is 5.38. The molecule has 6 N–H and O–H groups in total. The summed E-state index contributed by atoms with van der Waals surface area (Å²) in [5, 5.41) is 26.4. The van der Waals surface area contributed by atoms with Gasteiger partial charge in [0.25, 0.3) is 0 Å². The van der Waals surface area contributed by atoms with Crippen molar-refractivity contribution in [3.8, 4) is 0 Å². The molecule has 0 spiro atoms. The summed E-state index contributed by atoms with van der Waals surface area (Å²) in [6.07, 6.45) is 1.53. The molecule has 0 aliphatic heterocycles. The maximum Gasteiger partial charge on any atom is 0.101 e. The van der Waals surface area contributed by atoms with Crippen LogP contribution in [0.5, 0.6) is 0 Å². The van der Waals surface area contributed by atoms with Crippen LogP contribution < -0.4 is 18.1 Å². The van der Waals surface area contributed by atoms with Crippen LogP contribution >= 0.6 is 12.6 Å². The molecule has 0 aromatic rings. The Morgan fingerprint density at radius 1 is 1.07 bits per heavy atom. The number of aliphatic hydroxyl groups excluding tert-OH is 3. The van der Waals surface area contributed by atoms with E-state index in [1.54, 1.807) is 0 Å². The van der Waals surface area contributed by atoms with Crippen molar-refractivity contribution < 1.29 is 33.5 Å². The minimum atomic E-state index is -0.466. The largest absolute Gasteiger partial charge is 1.00 e. The molecule has 1 unspecified atom stereocenters. The lowest BCUT2D eigenvalue weighted by Crippen LogP contribution is -3.00. The highest BCUT2D eigenvalue weighted by atomic mass is 35.5. The smallest absolute Gasteiger partial charge is 0.101 e. The fourth-order valence-electron chi connectivity index (χ4n) is 1.34. The number of aliphatic hydroxyl groups is 3. The number of quaternary nitrogens is 1. The topological polar surface area (TPSA) is 88.3 Å². The van der Waals surface area contributed by atoms with Crippen molar-refractivity contribution in [2.24, 2.45) is 0 Å². The Hall–Kier alpha value is 0.480. The zero-order valence-electron chi connectivity index (χ0n) is 8.19. The van der Waals surface area contributed by atoms with Gasteiger partial charge < -0.3 is 33.5 Å². The minimum Gasteiger partial charge on any atom is -1.00 e. The Morgan fingerprint density at radius 3 is 1.79 bits per heavy atom. The molecule has 0 saturated carbocycles. The van der Waals surface area contributed by atoms with Crippen molar-refractivity contribution in [2.75, 3.05) is 19.8 Å². The van der Waals surface area contributed by atoms with Gasteiger partial charge in [0, 0.05) is 26.2 Å². The van der Waals surface area contributed by atoms with Gasteiger partial charge in [-0.2, -0.15) is 12.6 Å². The normalized spacial score (nSPS) is 13.5.